The van der Waals surface area contributed by atoms with Gasteiger partial charge in [0.25, 0.3) is 0 Å². The lowest BCUT2D eigenvalue weighted by Crippen LogP contribution is -2.17. The van der Waals surface area contributed by atoms with E-state index in [2.05, 4.69) is 6.92 Å². The van der Waals surface area contributed by atoms with E-state index in [0.717, 1.165) is 13.0 Å². The molecule has 0 atom stereocenters. The van der Waals surface area contributed by atoms with Crippen molar-refractivity contribution in [2.45, 2.75) is 71.1 Å². The SMILES string of the molecule is CCCCCCCCCCOCCOCCOCCOCCOCCOCCOCCOCCOCCOCCOCCOCCOC(=O)CCC(=O)C(=O)O. The summed E-state index contributed by atoms with van der Waals surface area (Å²) in [6, 6.07) is 0. The zero-order valence-electron chi connectivity index (χ0n) is 34.2. The second-order valence-corrected chi connectivity index (χ2v) is 12.3. The number of aliphatic carboxylic acids is 1. The average molecular weight is 815 g/mol. The summed E-state index contributed by atoms with van der Waals surface area (Å²) in [5.41, 5.74) is 0. The van der Waals surface area contributed by atoms with Gasteiger partial charge in [-0.3, -0.25) is 9.59 Å². The molecule has 0 aliphatic carbocycles. The maximum absolute atomic E-state index is 11.4. The number of unbranched alkanes of at least 4 members (excludes halogenated alkanes) is 7. The van der Waals surface area contributed by atoms with Gasteiger partial charge in [0, 0.05) is 13.0 Å². The minimum absolute atomic E-state index is 0.0132. The minimum atomic E-state index is -1.56. The fraction of sp³-hybridized carbons (Fsp3) is 0.923. The van der Waals surface area contributed by atoms with E-state index < -0.39 is 17.7 Å². The highest BCUT2D eigenvalue weighted by Gasteiger charge is 2.14. The smallest absolute Gasteiger partial charge is 0.372 e. The largest absolute Gasteiger partial charge is 0.476 e. The molecular formula is C39H74O17. The number of esters is 1. The van der Waals surface area contributed by atoms with Crippen LogP contribution in [0.1, 0.15) is 71.1 Å². The van der Waals surface area contributed by atoms with Gasteiger partial charge in [0.1, 0.15) is 6.61 Å². The molecule has 17 nitrogen and oxygen atoms in total. The van der Waals surface area contributed by atoms with Crippen molar-refractivity contribution in [1.82, 2.24) is 0 Å². The molecule has 0 bridgehead atoms. The van der Waals surface area contributed by atoms with Crippen molar-refractivity contribution < 1.29 is 81.1 Å². The van der Waals surface area contributed by atoms with Gasteiger partial charge in [-0.25, -0.2) is 4.79 Å². The van der Waals surface area contributed by atoms with Crippen LogP contribution in [0.4, 0.5) is 0 Å². The first-order chi connectivity index (χ1) is 27.6. The molecule has 17 heteroatoms. The molecule has 0 saturated carbocycles. The Balaban J connectivity index is 3.11. The summed E-state index contributed by atoms with van der Waals surface area (Å²) in [6.45, 7) is 13.8. The molecule has 56 heavy (non-hydrogen) atoms. The summed E-state index contributed by atoms with van der Waals surface area (Å²) in [5, 5.41) is 8.46. The first kappa shape index (κ1) is 54.1. The number of carboxylic acids is 1. The molecule has 1 N–H and O–H groups in total. The molecule has 0 aromatic heterocycles. The first-order valence-corrected chi connectivity index (χ1v) is 20.4. The third-order valence-electron chi connectivity index (χ3n) is 7.52. The van der Waals surface area contributed by atoms with Crippen LogP contribution in [0.15, 0.2) is 0 Å². The van der Waals surface area contributed by atoms with E-state index in [1.54, 1.807) is 0 Å². The Morgan fingerprint density at radius 2 is 0.571 bits per heavy atom. The van der Waals surface area contributed by atoms with Crippen LogP contribution in [0.2, 0.25) is 0 Å². The molecule has 0 rings (SSSR count). The number of carbonyl (C=O) groups excluding carboxylic acids is 2. The molecule has 0 radical (unpaired) electrons. The molecule has 0 aliphatic heterocycles. The molecule has 0 unspecified atom stereocenters. The number of Topliss-reactive ketones (excluding diaryl/α,β-unsaturated/α-hetero) is 1. The van der Waals surface area contributed by atoms with Gasteiger partial charge >= 0.3 is 11.9 Å². The van der Waals surface area contributed by atoms with Crippen LogP contribution >= 0.6 is 0 Å². The Labute approximate surface area is 334 Å². The number of hydrogen-bond acceptors (Lipinski definition) is 16. The summed E-state index contributed by atoms with van der Waals surface area (Å²) in [5.74, 6) is -3.24. The molecule has 0 heterocycles. The first-order valence-electron chi connectivity index (χ1n) is 20.4. The third kappa shape index (κ3) is 46.5. The van der Waals surface area contributed by atoms with Crippen LogP contribution in [0.5, 0.6) is 0 Å². The maximum atomic E-state index is 11.4. The average Bonchev–Trinajstić information content (AvgIpc) is 3.19. The standard InChI is InChI=1S/C39H74O17/c1-2-3-4-5-6-7-8-9-12-44-13-14-45-15-16-46-17-18-47-19-20-48-21-22-49-23-24-50-25-26-51-27-28-52-29-30-53-31-32-54-33-34-55-35-36-56-38(41)11-10-37(40)39(42)43/h2-36H2,1H3,(H,42,43). The van der Waals surface area contributed by atoms with Crippen molar-refractivity contribution in [2.24, 2.45) is 0 Å². The van der Waals surface area contributed by atoms with Crippen molar-refractivity contribution in [1.29, 1.82) is 0 Å². The lowest BCUT2D eigenvalue weighted by molar-refractivity contribution is -0.151. The van der Waals surface area contributed by atoms with Gasteiger partial charge in [-0.2, -0.15) is 0 Å². The van der Waals surface area contributed by atoms with Gasteiger partial charge in [0.05, 0.1) is 158 Å². The summed E-state index contributed by atoms with van der Waals surface area (Å²) in [6.07, 6.45) is 9.79. The summed E-state index contributed by atoms with van der Waals surface area (Å²) < 4.78 is 70.5. The quantitative estimate of drug-likeness (QED) is 0.0534. The van der Waals surface area contributed by atoms with Crippen LogP contribution < -0.4 is 0 Å². The Hall–Kier alpha value is -1.87. The zero-order chi connectivity index (χ0) is 40.7. The molecule has 0 aromatic carbocycles. The summed E-state index contributed by atoms with van der Waals surface area (Å²) >= 11 is 0. The van der Waals surface area contributed by atoms with Gasteiger partial charge in [0.2, 0.25) is 5.78 Å². The van der Waals surface area contributed by atoms with Gasteiger partial charge in [-0.15, -0.1) is 0 Å². The number of hydrogen-bond donors (Lipinski definition) is 1. The Morgan fingerprint density at radius 1 is 0.321 bits per heavy atom. The fourth-order valence-electron chi connectivity index (χ4n) is 4.47. The van der Waals surface area contributed by atoms with Crippen molar-refractivity contribution in [3.63, 3.8) is 0 Å². The van der Waals surface area contributed by atoms with Gasteiger partial charge in [-0.1, -0.05) is 51.9 Å². The number of carboxylic acid groups (broad SMARTS) is 1. The molecular weight excluding hydrogens is 740 g/mol. The Morgan fingerprint density at radius 3 is 0.857 bits per heavy atom. The van der Waals surface area contributed by atoms with Crippen LogP contribution in [-0.2, 0) is 76.0 Å². The van der Waals surface area contributed by atoms with Crippen LogP contribution in [0.3, 0.4) is 0 Å². The van der Waals surface area contributed by atoms with E-state index in [4.69, 9.17) is 66.7 Å². The van der Waals surface area contributed by atoms with Crippen molar-refractivity contribution in [3.05, 3.63) is 0 Å². The Kier molecular flexibility index (Phi) is 45.9. The minimum Gasteiger partial charge on any atom is -0.476 e. The highest BCUT2D eigenvalue weighted by atomic mass is 16.6. The summed E-state index contributed by atoms with van der Waals surface area (Å²) in [4.78, 5) is 32.7. The zero-order valence-corrected chi connectivity index (χ0v) is 34.2. The molecule has 0 amide bonds. The predicted molar refractivity (Wildman–Crippen MR) is 205 cm³/mol. The molecule has 0 saturated heterocycles. The van der Waals surface area contributed by atoms with Gasteiger partial charge in [0.15, 0.2) is 0 Å². The van der Waals surface area contributed by atoms with Gasteiger partial charge < -0.3 is 66.7 Å². The lowest BCUT2D eigenvalue weighted by atomic mass is 10.1. The van der Waals surface area contributed by atoms with Crippen LogP contribution in [0.25, 0.3) is 0 Å². The van der Waals surface area contributed by atoms with Gasteiger partial charge in [-0.05, 0) is 6.42 Å². The normalized spacial score (nSPS) is 11.4. The van der Waals surface area contributed by atoms with E-state index in [0.29, 0.717) is 145 Å². The highest BCUT2D eigenvalue weighted by Crippen LogP contribution is 2.08. The number of ketones is 1. The Bertz CT molecular complexity index is 835. The molecule has 0 spiro atoms. The van der Waals surface area contributed by atoms with E-state index in [1.165, 1.54) is 44.9 Å². The monoisotopic (exact) mass is 814 g/mol. The summed E-state index contributed by atoms with van der Waals surface area (Å²) in [7, 11) is 0. The van der Waals surface area contributed by atoms with E-state index in [-0.39, 0.29) is 26.1 Å². The van der Waals surface area contributed by atoms with E-state index >= 15 is 0 Å². The predicted octanol–water partition coefficient (Wildman–Crippen LogP) is 3.30. The number of rotatable bonds is 49. The fourth-order valence-corrected chi connectivity index (χ4v) is 4.47. The van der Waals surface area contributed by atoms with E-state index in [1.807, 2.05) is 0 Å². The van der Waals surface area contributed by atoms with Crippen molar-refractivity contribution >= 4 is 17.7 Å². The van der Waals surface area contributed by atoms with Crippen LogP contribution in [0, 0.1) is 0 Å². The lowest BCUT2D eigenvalue weighted by Gasteiger charge is -2.09. The van der Waals surface area contributed by atoms with Crippen molar-refractivity contribution in [3.8, 4) is 0 Å². The second kappa shape index (κ2) is 47.5. The number of carbonyl (C=O) groups is 3. The number of ether oxygens (including phenoxy) is 13. The second-order valence-electron chi connectivity index (χ2n) is 12.3. The highest BCUT2D eigenvalue weighted by molar-refractivity contribution is 6.32. The maximum Gasteiger partial charge on any atom is 0.372 e. The molecule has 0 aliphatic rings. The molecule has 0 fully saturated rings. The van der Waals surface area contributed by atoms with Crippen molar-refractivity contribution in [2.75, 3.05) is 165 Å². The van der Waals surface area contributed by atoms with Crippen LogP contribution in [-0.4, -0.2) is 188 Å². The third-order valence-corrected chi connectivity index (χ3v) is 7.52. The molecule has 0 aromatic rings. The molecule has 332 valence electrons. The van der Waals surface area contributed by atoms with E-state index in [9.17, 15) is 14.4 Å². The topological polar surface area (TPSA) is 191 Å².